The maximum Gasteiger partial charge on any atom is 0.366 e. The van der Waals surface area contributed by atoms with E-state index in [0.29, 0.717) is 0 Å². The molecule has 34 heavy (non-hydrogen) atoms. The molecule has 1 fully saturated rings. The van der Waals surface area contributed by atoms with E-state index < -0.39 is 72.5 Å². The minimum absolute atomic E-state index is 0.200. The number of hydrogen-bond acceptors (Lipinski definition) is 13. The number of nitrogens with one attached hydrogen (secondary N) is 1. The first-order valence-electron chi connectivity index (χ1n) is 10.1. The lowest BCUT2D eigenvalue weighted by Crippen LogP contribution is -2.68. The number of hydrogen-bond donors (Lipinski definition) is 2. The van der Waals surface area contributed by atoms with E-state index in [4.69, 9.17) is 18.9 Å². The van der Waals surface area contributed by atoms with Gasteiger partial charge in [-0.2, -0.15) is 0 Å². The summed E-state index contributed by atoms with van der Waals surface area (Å²) in [5, 5.41) is 13.1. The summed E-state index contributed by atoms with van der Waals surface area (Å²) in [4.78, 5) is 71.3. The van der Waals surface area contributed by atoms with Crippen LogP contribution in [-0.4, -0.2) is 89.1 Å². The number of amides is 1. The van der Waals surface area contributed by atoms with E-state index in [1.54, 1.807) is 0 Å². The highest BCUT2D eigenvalue weighted by Crippen LogP contribution is 2.35. The predicted molar refractivity (Wildman–Crippen MR) is 114 cm³/mol. The number of carbonyl (C=O) groups excluding carboxylic acids is 6. The van der Waals surface area contributed by atoms with Gasteiger partial charge in [0.1, 0.15) is 12.2 Å². The Hall–Kier alpha value is -2.71. The average molecular weight is 508 g/mol. The zero-order chi connectivity index (χ0) is 26.2. The summed E-state index contributed by atoms with van der Waals surface area (Å²) in [6.45, 7) is 5.61. The van der Waals surface area contributed by atoms with Crippen LogP contribution in [-0.2, 0) is 52.5 Å². The highest BCUT2D eigenvalue weighted by atomic mass is 32.2. The minimum Gasteiger partial charge on any atom is -0.465 e. The fourth-order valence-electron chi connectivity index (χ4n) is 3.41. The predicted octanol–water partition coefficient (Wildman–Crippen LogP) is -0.784. The van der Waals surface area contributed by atoms with E-state index in [1.807, 2.05) is 0 Å². The molecule has 0 saturated carbocycles. The fraction of sp³-hybridized carbons (Fsp3) is 0.700. The maximum absolute atomic E-state index is 12.3. The zero-order valence-corrected chi connectivity index (χ0v) is 20.5. The second kappa shape index (κ2) is 12.7. The number of rotatable bonds is 9. The van der Waals surface area contributed by atoms with Crippen molar-refractivity contribution >= 4 is 46.7 Å². The van der Waals surface area contributed by atoms with Crippen LogP contribution in [0.2, 0.25) is 0 Å². The number of ether oxygens (including phenoxy) is 5. The molecule has 192 valence electrons. The molecule has 0 aromatic carbocycles. The molecule has 2 N–H and O–H groups in total. The summed E-state index contributed by atoms with van der Waals surface area (Å²) < 4.78 is 26.0. The molecule has 1 rings (SSSR count). The Kier molecular flexibility index (Phi) is 10.9. The highest BCUT2D eigenvalue weighted by Gasteiger charge is 2.57. The van der Waals surface area contributed by atoms with E-state index in [0.717, 1.165) is 46.6 Å². The lowest BCUT2D eigenvalue weighted by Gasteiger charge is -2.47. The summed E-state index contributed by atoms with van der Waals surface area (Å²) in [7, 11) is 0.980. The summed E-state index contributed by atoms with van der Waals surface area (Å²) >= 11 is 0.748. The number of thioether (sulfide) groups is 1. The lowest BCUT2D eigenvalue weighted by atomic mass is 9.88. The van der Waals surface area contributed by atoms with Crippen molar-refractivity contribution in [1.29, 1.82) is 0 Å². The van der Waals surface area contributed by atoms with Gasteiger partial charge < -0.3 is 34.1 Å². The van der Waals surface area contributed by atoms with Crippen molar-refractivity contribution in [3.63, 3.8) is 0 Å². The number of esters is 4. The van der Waals surface area contributed by atoms with Crippen LogP contribution in [0.5, 0.6) is 0 Å². The zero-order valence-electron chi connectivity index (χ0n) is 19.6. The normalized spacial score (nSPS) is 25.8. The van der Waals surface area contributed by atoms with Gasteiger partial charge in [0.2, 0.25) is 5.91 Å². The first-order valence-corrected chi connectivity index (χ1v) is 11.1. The van der Waals surface area contributed by atoms with Gasteiger partial charge in [-0.1, -0.05) is 11.8 Å². The molecule has 0 spiro atoms. The SMILES string of the molecule is COC(=O)[C@]1(O)C[C@H](OC(C)=O)[C@@H](NC(C)=O)[C@H]([C@H](OC(C)=O)[C@@H](CSC(C)=O)OC(C)=O)O1. The third kappa shape index (κ3) is 8.57. The van der Waals surface area contributed by atoms with Crippen LogP contribution in [0.15, 0.2) is 0 Å². The van der Waals surface area contributed by atoms with Gasteiger partial charge in [0.15, 0.2) is 17.3 Å². The molecule has 13 nitrogen and oxygen atoms in total. The topological polar surface area (TPSA) is 181 Å². The van der Waals surface area contributed by atoms with Gasteiger partial charge in [0.05, 0.1) is 19.6 Å². The molecule has 0 unspecified atom stereocenters. The first kappa shape index (κ1) is 29.3. The molecule has 0 aromatic heterocycles. The highest BCUT2D eigenvalue weighted by molar-refractivity contribution is 8.13. The van der Waals surface area contributed by atoms with Crippen molar-refractivity contribution in [2.24, 2.45) is 0 Å². The number of aliphatic hydroxyl groups is 1. The molecule has 0 bridgehead atoms. The lowest BCUT2D eigenvalue weighted by molar-refractivity contribution is -0.297. The second-order valence-electron chi connectivity index (χ2n) is 7.46. The van der Waals surface area contributed by atoms with Gasteiger partial charge in [-0.15, -0.1) is 0 Å². The van der Waals surface area contributed by atoms with Crippen LogP contribution in [0.4, 0.5) is 0 Å². The van der Waals surface area contributed by atoms with Gasteiger partial charge in [-0.3, -0.25) is 24.0 Å². The standard InChI is InChI=1S/C20H29NO12S/c1-9(22)21-16-14(30-10(2)23)7-20(28,19(27)29-6)33-18(16)17(32-12(4)25)15(31-11(3)24)8-34-13(5)26/h14-18,28H,7-8H2,1-6H3,(H,21,22)/t14-,15+,16+,17+,18+,20-/m0/s1. The van der Waals surface area contributed by atoms with Crippen LogP contribution in [0.25, 0.3) is 0 Å². The molecule has 6 atom stereocenters. The van der Waals surface area contributed by atoms with E-state index in [9.17, 15) is 33.9 Å². The molecular weight excluding hydrogens is 478 g/mol. The Labute approximate surface area is 200 Å². The van der Waals surface area contributed by atoms with Crippen LogP contribution >= 0.6 is 11.8 Å². The minimum atomic E-state index is -2.68. The third-order valence-electron chi connectivity index (χ3n) is 4.52. The smallest absolute Gasteiger partial charge is 0.366 e. The Morgan fingerprint density at radius 1 is 1.03 bits per heavy atom. The van der Waals surface area contributed by atoms with Crippen molar-refractivity contribution in [1.82, 2.24) is 5.32 Å². The van der Waals surface area contributed by atoms with Crippen LogP contribution in [0, 0.1) is 0 Å². The molecule has 0 radical (unpaired) electrons. The summed E-state index contributed by atoms with van der Waals surface area (Å²) in [6.07, 6.45) is -6.45. The molecule has 0 aromatic rings. The van der Waals surface area contributed by atoms with Crippen molar-refractivity contribution < 1.29 is 57.6 Å². The Balaban J connectivity index is 3.64. The molecule has 0 aliphatic carbocycles. The Bertz CT molecular complexity index is 817. The van der Waals surface area contributed by atoms with Crippen molar-refractivity contribution in [3.8, 4) is 0 Å². The van der Waals surface area contributed by atoms with Gasteiger partial charge >= 0.3 is 23.9 Å². The quantitative estimate of drug-likeness (QED) is 0.293. The molecule has 14 heteroatoms. The van der Waals surface area contributed by atoms with E-state index in [1.165, 1.54) is 6.92 Å². The van der Waals surface area contributed by atoms with Crippen molar-refractivity contribution in [3.05, 3.63) is 0 Å². The molecule has 1 heterocycles. The largest absolute Gasteiger partial charge is 0.465 e. The van der Waals surface area contributed by atoms with Gasteiger partial charge in [0.25, 0.3) is 5.79 Å². The van der Waals surface area contributed by atoms with Gasteiger partial charge in [-0.25, -0.2) is 4.79 Å². The number of methoxy groups -OCH3 is 1. The molecule has 1 aliphatic rings. The Morgan fingerprint density at radius 2 is 1.62 bits per heavy atom. The molecule has 1 aliphatic heterocycles. The van der Waals surface area contributed by atoms with Crippen LogP contribution in [0.1, 0.15) is 41.0 Å². The second-order valence-corrected chi connectivity index (χ2v) is 8.66. The van der Waals surface area contributed by atoms with Crippen LogP contribution in [0.3, 0.4) is 0 Å². The van der Waals surface area contributed by atoms with E-state index in [2.05, 4.69) is 10.1 Å². The fourth-order valence-corrected chi connectivity index (χ4v) is 4.07. The Morgan fingerprint density at radius 3 is 2.06 bits per heavy atom. The summed E-state index contributed by atoms with van der Waals surface area (Å²) in [6, 6.07) is -1.27. The average Bonchev–Trinajstić information content (AvgIpc) is 2.69. The van der Waals surface area contributed by atoms with Gasteiger partial charge in [0, 0.05) is 40.4 Å². The van der Waals surface area contributed by atoms with Crippen molar-refractivity contribution in [2.45, 2.75) is 77.3 Å². The van der Waals surface area contributed by atoms with Crippen molar-refractivity contribution in [2.75, 3.05) is 12.9 Å². The molecule has 1 saturated heterocycles. The third-order valence-corrected chi connectivity index (χ3v) is 5.42. The van der Waals surface area contributed by atoms with Gasteiger partial charge in [-0.05, 0) is 0 Å². The monoisotopic (exact) mass is 507 g/mol. The maximum atomic E-state index is 12.3. The summed E-state index contributed by atoms with van der Waals surface area (Å²) in [5.41, 5.74) is 0. The van der Waals surface area contributed by atoms with E-state index in [-0.39, 0.29) is 10.9 Å². The molecular formula is C20H29NO12S. The first-order chi connectivity index (χ1) is 15.7. The van der Waals surface area contributed by atoms with Crippen LogP contribution < -0.4 is 5.32 Å². The molecule has 1 amide bonds. The summed E-state index contributed by atoms with van der Waals surface area (Å²) in [5.74, 6) is -7.20. The number of carbonyl (C=O) groups is 6. The van der Waals surface area contributed by atoms with E-state index >= 15 is 0 Å².